The smallest absolute Gasteiger partial charge is 0.510 e. The fourth-order valence-corrected chi connectivity index (χ4v) is 10.4. The standard InChI is InChI=1S/C55H74N4O6.Mg/c1-13-39-34(7)41-29-46-48(38(11)60)36(9)43(57-46)27-42-35(8)40(52(58-42)50-51(55(63)64-12)54(62)49-37(10)44(59-53(49)50)28-45(39)56-41)23-24-47(61)65-26-25-33(6)22-16-21-32(5)20-15-19-31(4)18-14-17-30(2)3;/h25,27-32,35,40,51,58,62H,13-24,26H2,1-12H3;/q;+2. The first-order chi connectivity index (χ1) is 30.9. The van der Waals surface area contributed by atoms with Crippen LogP contribution < -0.4 is 5.32 Å². The van der Waals surface area contributed by atoms with Crippen LogP contribution in [0.25, 0.3) is 0 Å². The number of carbonyl (C=O) groups is 3. The Kier molecular flexibility index (Phi) is 18.4. The van der Waals surface area contributed by atoms with Crippen LogP contribution in [0.15, 0.2) is 118 Å². The maximum absolute atomic E-state index is 13.6. The normalized spacial score (nSPS) is 22.3. The summed E-state index contributed by atoms with van der Waals surface area (Å²) in [6.07, 6.45) is 20.3. The summed E-state index contributed by atoms with van der Waals surface area (Å²) in [6, 6.07) is 0. The fraction of sp³-hybridized carbons (Fsp3) is 0.564. The SMILES string of the molecule is CCC1=C(C)C2=NC1=CC1=C(C)C3=C(O)C(C(=O)OC)C(=C4NC(=CC5=NC(=C2)C(C(C)=O)=C5C)C(C)C4CCC(=O)OCC=C(C)CCCC(C)CCCC(C)CCCC(C)C)C3=N1.[Mg+2]. The number of methoxy groups -OCH3 is 1. The van der Waals surface area contributed by atoms with Crippen LogP contribution in [0.3, 0.4) is 0 Å². The van der Waals surface area contributed by atoms with Gasteiger partial charge in [-0.1, -0.05) is 92.1 Å². The van der Waals surface area contributed by atoms with Crippen molar-refractivity contribution in [3.8, 4) is 0 Å². The number of aliphatic hydroxyl groups is 1. The second-order valence-electron chi connectivity index (χ2n) is 19.8. The molecule has 6 aliphatic rings. The maximum atomic E-state index is 13.6. The van der Waals surface area contributed by atoms with E-state index >= 15 is 0 Å². The van der Waals surface area contributed by atoms with Gasteiger partial charge in [-0.15, -0.1) is 0 Å². The molecule has 1 fully saturated rings. The van der Waals surface area contributed by atoms with Gasteiger partial charge in [0.25, 0.3) is 0 Å². The van der Waals surface area contributed by atoms with E-state index in [1.54, 1.807) is 6.92 Å². The number of carbonyl (C=O) groups excluding carboxylic acids is 3. The largest absolute Gasteiger partial charge is 2.00 e. The molecule has 0 radical (unpaired) electrons. The van der Waals surface area contributed by atoms with Gasteiger partial charge in [0.2, 0.25) is 0 Å². The summed E-state index contributed by atoms with van der Waals surface area (Å²) < 4.78 is 11.1. The molecule has 10 nitrogen and oxygen atoms in total. The van der Waals surface area contributed by atoms with E-state index in [9.17, 15) is 19.5 Å². The first kappa shape index (κ1) is 52.6. The van der Waals surface area contributed by atoms with Crippen LogP contribution in [0.4, 0.5) is 0 Å². The molecule has 8 bridgehead atoms. The van der Waals surface area contributed by atoms with Gasteiger partial charge in [0.1, 0.15) is 18.3 Å². The number of nitrogens with zero attached hydrogens (tertiary/aromatic N) is 3. The molecule has 350 valence electrons. The van der Waals surface area contributed by atoms with Crippen molar-refractivity contribution in [3.63, 3.8) is 0 Å². The van der Waals surface area contributed by atoms with Crippen LogP contribution in [0, 0.1) is 35.5 Å². The minimum absolute atomic E-state index is 0. The molecule has 0 aromatic rings. The molecule has 5 aliphatic heterocycles. The Hall–Kier alpha value is -4.35. The summed E-state index contributed by atoms with van der Waals surface area (Å²) in [4.78, 5) is 55.5. The predicted molar refractivity (Wildman–Crippen MR) is 268 cm³/mol. The summed E-state index contributed by atoms with van der Waals surface area (Å²) in [5.41, 5.74) is 11.7. The number of allylic oxidation sites excluding steroid dienone is 12. The van der Waals surface area contributed by atoms with E-state index in [0.29, 0.717) is 57.6 Å². The number of ether oxygens (including phenoxy) is 2. The number of ketones is 1. The molecule has 1 aliphatic carbocycles. The second-order valence-corrected chi connectivity index (χ2v) is 19.8. The van der Waals surface area contributed by atoms with E-state index in [1.165, 1.54) is 57.6 Å². The van der Waals surface area contributed by atoms with E-state index < -0.39 is 11.9 Å². The van der Waals surface area contributed by atoms with Crippen LogP contribution in [-0.2, 0) is 23.9 Å². The average Bonchev–Trinajstić information content (AvgIpc) is 4.00. The number of rotatable bonds is 20. The Morgan fingerprint density at radius 3 is 2.11 bits per heavy atom. The Bertz CT molecular complexity index is 2360. The first-order valence-electron chi connectivity index (χ1n) is 24.3. The summed E-state index contributed by atoms with van der Waals surface area (Å²) in [5, 5.41) is 15.6. The van der Waals surface area contributed by atoms with Crippen molar-refractivity contribution in [3.05, 3.63) is 103 Å². The molecule has 5 unspecified atom stereocenters. The number of hydrogen-bond acceptors (Lipinski definition) is 10. The molecule has 0 spiro atoms. The third-order valence-electron chi connectivity index (χ3n) is 14.4. The van der Waals surface area contributed by atoms with Crippen LogP contribution in [0.2, 0.25) is 0 Å². The van der Waals surface area contributed by atoms with Crippen LogP contribution in [0.1, 0.15) is 153 Å². The minimum Gasteiger partial charge on any atom is -0.510 e. The molecule has 66 heavy (non-hydrogen) atoms. The molecular weight excluding hydrogens is 837 g/mol. The summed E-state index contributed by atoms with van der Waals surface area (Å²) in [6.45, 7) is 23.3. The van der Waals surface area contributed by atoms with Gasteiger partial charge in [0, 0.05) is 46.4 Å². The van der Waals surface area contributed by atoms with Crippen molar-refractivity contribution < 1.29 is 29.0 Å². The predicted octanol–water partition coefficient (Wildman–Crippen LogP) is 12.0. The van der Waals surface area contributed by atoms with Crippen molar-refractivity contribution in [1.29, 1.82) is 0 Å². The summed E-state index contributed by atoms with van der Waals surface area (Å²) in [7, 11) is 1.32. The Morgan fingerprint density at radius 2 is 1.47 bits per heavy atom. The number of aliphatic hydroxyl groups excluding tert-OH is 1. The van der Waals surface area contributed by atoms with E-state index in [-0.39, 0.29) is 65.4 Å². The van der Waals surface area contributed by atoms with Gasteiger partial charge in [-0.05, 0) is 125 Å². The molecule has 0 amide bonds. The van der Waals surface area contributed by atoms with Gasteiger partial charge in [-0.25, -0.2) is 15.0 Å². The maximum Gasteiger partial charge on any atom is 2.00 e. The van der Waals surface area contributed by atoms with Crippen molar-refractivity contribution in [2.24, 2.45) is 50.5 Å². The van der Waals surface area contributed by atoms with E-state index in [1.807, 2.05) is 45.1 Å². The summed E-state index contributed by atoms with van der Waals surface area (Å²) >= 11 is 0. The number of hydrogen-bond donors (Lipinski definition) is 2. The number of Topliss-reactive ketones (excluding diaryl/α,β-unsaturated/α-hetero) is 1. The quantitative estimate of drug-likeness (QED) is 0.0704. The molecule has 1 saturated heterocycles. The molecule has 11 heteroatoms. The average molecular weight is 912 g/mol. The van der Waals surface area contributed by atoms with Gasteiger partial charge in [0.15, 0.2) is 5.78 Å². The number of nitrogens with one attached hydrogen (secondary N) is 1. The zero-order valence-corrected chi connectivity index (χ0v) is 43.4. The number of aliphatic imine (C=N–C) groups is 3. The first-order valence-corrected chi connectivity index (χ1v) is 24.3. The van der Waals surface area contributed by atoms with Crippen molar-refractivity contribution in [1.82, 2.24) is 5.32 Å². The molecule has 0 aromatic heterocycles. The van der Waals surface area contributed by atoms with Crippen molar-refractivity contribution in [2.45, 2.75) is 153 Å². The van der Waals surface area contributed by atoms with Gasteiger partial charge in [0.05, 0.1) is 41.3 Å². The van der Waals surface area contributed by atoms with Crippen LogP contribution in [0.5, 0.6) is 0 Å². The van der Waals surface area contributed by atoms with E-state index in [0.717, 1.165) is 70.5 Å². The zero-order chi connectivity index (χ0) is 47.3. The Morgan fingerprint density at radius 1 is 0.833 bits per heavy atom. The summed E-state index contributed by atoms with van der Waals surface area (Å²) in [5.74, 6) is -0.366. The van der Waals surface area contributed by atoms with Crippen LogP contribution in [-0.4, -0.2) is 76.7 Å². The Balaban J connectivity index is 0.00000817. The molecular formula is C55H74MgN4O6+2. The molecule has 0 saturated carbocycles. The van der Waals surface area contributed by atoms with E-state index in [2.05, 4.69) is 53.8 Å². The van der Waals surface area contributed by atoms with Gasteiger partial charge >= 0.3 is 35.0 Å². The van der Waals surface area contributed by atoms with Crippen LogP contribution >= 0.6 is 0 Å². The molecule has 5 atom stereocenters. The topological polar surface area (TPSA) is 139 Å². The van der Waals surface area contributed by atoms with Gasteiger partial charge < -0.3 is 19.9 Å². The van der Waals surface area contributed by atoms with Crippen molar-refractivity contribution >= 4 is 57.9 Å². The molecule has 5 heterocycles. The fourth-order valence-electron chi connectivity index (χ4n) is 10.4. The third-order valence-corrected chi connectivity index (χ3v) is 14.4. The number of esters is 2. The minimum atomic E-state index is -1.11. The monoisotopic (exact) mass is 911 g/mol. The molecule has 2 N–H and O–H groups in total. The molecule has 0 aromatic carbocycles. The van der Waals surface area contributed by atoms with Crippen molar-refractivity contribution in [2.75, 3.05) is 13.7 Å². The van der Waals surface area contributed by atoms with E-state index in [4.69, 9.17) is 24.5 Å². The number of fused-ring (bicyclic) bond motifs is 5. The zero-order valence-electron chi connectivity index (χ0n) is 42.0. The van der Waals surface area contributed by atoms with Gasteiger partial charge in [-0.3, -0.25) is 14.4 Å². The third kappa shape index (κ3) is 11.7. The van der Waals surface area contributed by atoms with Gasteiger partial charge in [-0.2, -0.15) is 0 Å². The molecule has 6 rings (SSSR count). The second kappa shape index (κ2) is 23.1. The Labute approximate surface area is 410 Å².